The van der Waals surface area contributed by atoms with Crippen molar-refractivity contribution in [2.75, 3.05) is 6.54 Å². The zero-order valence-electron chi connectivity index (χ0n) is 11.9. The molecule has 1 fully saturated rings. The quantitative estimate of drug-likeness (QED) is 0.920. The Morgan fingerprint density at radius 1 is 1.38 bits per heavy atom. The van der Waals surface area contributed by atoms with E-state index in [2.05, 4.69) is 0 Å². The van der Waals surface area contributed by atoms with Crippen molar-refractivity contribution in [3.63, 3.8) is 0 Å². The number of benzene rings is 1. The zero-order valence-corrected chi connectivity index (χ0v) is 13.5. The molecule has 5 nitrogen and oxygen atoms in total. The highest BCUT2D eigenvalue weighted by Gasteiger charge is 2.27. The highest BCUT2D eigenvalue weighted by molar-refractivity contribution is 7.89. The molecule has 1 aromatic rings. The molecule has 116 valence electrons. The van der Waals surface area contributed by atoms with Crippen LogP contribution in [0.3, 0.4) is 0 Å². The van der Waals surface area contributed by atoms with Crippen LogP contribution in [0.2, 0.25) is 5.02 Å². The molecule has 21 heavy (non-hydrogen) atoms. The summed E-state index contributed by atoms with van der Waals surface area (Å²) >= 11 is 5.84. The van der Waals surface area contributed by atoms with E-state index in [1.165, 1.54) is 18.2 Å². The normalized spacial score (nSPS) is 16.1. The van der Waals surface area contributed by atoms with Crippen LogP contribution in [0.1, 0.15) is 43.0 Å². The van der Waals surface area contributed by atoms with Gasteiger partial charge >= 0.3 is 0 Å². The molecule has 0 unspecified atom stereocenters. The number of sulfonamides is 1. The van der Waals surface area contributed by atoms with E-state index in [9.17, 15) is 13.2 Å². The molecule has 0 atom stereocenters. The van der Waals surface area contributed by atoms with Gasteiger partial charge in [0.1, 0.15) is 4.90 Å². The summed E-state index contributed by atoms with van der Waals surface area (Å²) in [5.41, 5.74) is 0.303. The van der Waals surface area contributed by atoms with Crippen molar-refractivity contribution in [2.24, 2.45) is 5.14 Å². The fourth-order valence-corrected chi connectivity index (χ4v) is 3.88. The predicted octanol–water partition coefficient (Wildman–Crippen LogP) is 2.39. The van der Waals surface area contributed by atoms with Gasteiger partial charge in [0.25, 0.3) is 5.91 Å². The third-order valence-electron chi connectivity index (χ3n) is 3.85. The topological polar surface area (TPSA) is 80.5 Å². The lowest BCUT2D eigenvalue weighted by Crippen LogP contribution is -2.38. The number of carbonyl (C=O) groups is 1. The van der Waals surface area contributed by atoms with E-state index in [0.717, 1.165) is 25.7 Å². The van der Waals surface area contributed by atoms with Gasteiger partial charge in [-0.1, -0.05) is 24.4 Å². The molecule has 1 amide bonds. The first-order valence-corrected chi connectivity index (χ1v) is 8.90. The Labute approximate surface area is 130 Å². The molecule has 0 heterocycles. The van der Waals surface area contributed by atoms with E-state index in [-0.39, 0.29) is 21.9 Å². The monoisotopic (exact) mass is 330 g/mol. The summed E-state index contributed by atoms with van der Waals surface area (Å²) in [6.07, 6.45) is 4.24. The number of halogens is 1. The van der Waals surface area contributed by atoms with Crippen LogP contribution >= 0.6 is 11.6 Å². The van der Waals surface area contributed by atoms with Crippen LogP contribution < -0.4 is 5.14 Å². The summed E-state index contributed by atoms with van der Waals surface area (Å²) < 4.78 is 23.0. The van der Waals surface area contributed by atoms with Crippen molar-refractivity contribution in [1.29, 1.82) is 0 Å². The molecule has 2 N–H and O–H groups in total. The molecule has 1 aliphatic carbocycles. The van der Waals surface area contributed by atoms with Crippen molar-refractivity contribution in [3.8, 4) is 0 Å². The number of hydrogen-bond donors (Lipinski definition) is 1. The minimum absolute atomic E-state index is 0.0259. The maximum Gasteiger partial charge on any atom is 0.254 e. The Morgan fingerprint density at radius 3 is 2.52 bits per heavy atom. The summed E-state index contributed by atoms with van der Waals surface area (Å²) in [7, 11) is -3.94. The maximum absolute atomic E-state index is 12.6. The third-order valence-corrected chi connectivity index (χ3v) is 5.24. The van der Waals surface area contributed by atoms with Crippen molar-refractivity contribution >= 4 is 27.5 Å². The number of carbonyl (C=O) groups excluding carboxylic acids is 1. The van der Waals surface area contributed by atoms with Crippen LogP contribution in [-0.4, -0.2) is 31.8 Å². The van der Waals surface area contributed by atoms with E-state index in [1.807, 2.05) is 6.92 Å². The summed E-state index contributed by atoms with van der Waals surface area (Å²) in [6, 6.07) is 4.43. The molecule has 1 saturated carbocycles. The molecule has 0 bridgehead atoms. The third kappa shape index (κ3) is 3.56. The molecule has 2 rings (SSSR count). The summed E-state index contributed by atoms with van der Waals surface area (Å²) in [6.45, 7) is 2.52. The van der Waals surface area contributed by atoms with Crippen LogP contribution in [-0.2, 0) is 10.0 Å². The van der Waals surface area contributed by atoms with E-state index < -0.39 is 10.0 Å². The highest BCUT2D eigenvalue weighted by atomic mass is 35.5. The summed E-state index contributed by atoms with van der Waals surface area (Å²) in [5.74, 6) is -0.175. The lowest BCUT2D eigenvalue weighted by molar-refractivity contribution is 0.0693. The summed E-state index contributed by atoms with van der Waals surface area (Å²) in [5, 5.41) is 5.15. The number of amides is 1. The minimum atomic E-state index is -3.94. The Hall–Kier alpha value is -1.11. The van der Waals surface area contributed by atoms with Crippen LogP contribution in [0.4, 0.5) is 0 Å². The van der Waals surface area contributed by atoms with Gasteiger partial charge in [-0.05, 0) is 38.0 Å². The number of nitrogens with two attached hydrogens (primary N) is 1. The molecule has 0 saturated heterocycles. The van der Waals surface area contributed by atoms with Gasteiger partial charge in [-0.3, -0.25) is 4.79 Å². The van der Waals surface area contributed by atoms with Crippen molar-refractivity contribution in [3.05, 3.63) is 28.8 Å². The van der Waals surface area contributed by atoms with Gasteiger partial charge in [-0.15, -0.1) is 0 Å². The van der Waals surface area contributed by atoms with Gasteiger partial charge in [0.15, 0.2) is 0 Å². The second-order valence-electron chi connectivity index (χ2n) is 5.22. The van der Waals surface area contributed by atoms with Gasteiger partial charge in [-0.2, -0.15) is 0 Å². The van der Waals surface area contributed by atoms with Gasteiger partial charge in [-0.25, -0.2) is 13.6 Å². The molecule has 0 radical (unpaired) electrons. The van der Waals surface area contributed by atoms with Gasteiger partial charge in [0, 0.05) is 18.2 Å². The standard InChI is InChI=1S/C14H19ClN2O3S/c1-2-17(11-5-3-4-6-11)14(18)10-7-8-12(15)13(9-10)21(16,19)20/h7-9,11H,2-6H2,1H3,(H2,16,19,20). The first-order valence-electron chi connectivity index (χ1n) is 6.98. The molecular formula is C14H19ClN2O3S. The fraction of sp³-hybridized carbons (Fsp3) is 0.500. The van der Waals surface area contributed by atoms with E-state index in [4.69, 9.17) is 16.7 Å². The number of nitrogens with zero attached hydrogens (tertiary/aromatic N) is 1. The van der Waals surface area contributed by atoms with Gasteiger partial charge in [0.2, 0.25) is 10.0 Å². The van der Waals surface area contributed by atoms with E-state index >= 15 is 0 Å². The lowest BCUT2D eigenvalue weighted by atomic mass is 10.1. The van der Waals surface area contributed by atoms with Crippen LogP contribution in [0.5, 0.6) is 0 Å². The van der Waals surface area contributed by atoms with Crippen LogP contribution in [0.25, 0.3) is 0 Å². The second kappa shape index (κ2) is 6.34. The molecule has 0 aromatic heterocycles. The average Bonchev–Trinajstić information content (AvgIpc) is 2.92. The lowest BCUT2D eigenvalue weighted by Gasteiger charge is -2.28. The van der Waals surface area contributed by atoms with Gasteiger partial charge < -0.3 is 4.90 Å². The molecule has 1 aliphatic rings. The fourth-order valence-electron chi connectivity index (χ4n) is 2.80. The largest absolute Gasteiger partial charge is 0.336 e. The second-order valence-corrected chi connectivity index (χ2v) is 7.16. The Morgan fingerprint density at radius 2 is 2.00 bits per heavy atom. The number of rotatable bonds is 4. The van der Waals surface area contributed by atoms with Crippen LogP contribution in [0, 0.1) is 0 Å². The Balaban J connectivity index is 2.34. The predicted molar refractivity (Wildman–Crippen MR) is 81.8 cm³/mol. The van der Waals surface area contributed by atoms with Crippen molar-refractivity contribution in [1.82, 2.24) is 4.90 Å². The molecule has 0 spiro atoms. The SMILES string of the molecule is CCN(C(=O)c1ccc(Cl)c(S(N)(=O)=O)c1)C1CCCC1. The molecule has 7 heteroatoms. The van der Waals surface area contributed by atoms with Crippen molar-refractivity contribution < 1.29 is 13.2 Å². The van der Waals surface area contributed by atoms with E-state index in [0.29, 0.717) is 12.1 Å². The first kappa shape index (κ1) is 16.3. The maximum atomic E-state index is 12.6. The van der Waals surface area contributed by atoms with Gasteiger partial charge in [0.05, 0.1) is 5.02 Å². The Bertz CT molecular complexity index is 640. The Kier molecular flexibility index (Phi) is 4.91. The smallest absolute Gasteiger partial charge is 0.254 e. The molecule has 0 aliphatic heterocycles. The molecule has 1 aromatic carbocycles. The number of primary sulfonamides is 1. The minimum Gasteiger partial charge on any atom is -0.336 e. The number of hydrogen-bond acceptors (Lipinski definition) is 3. The average molecular weight is 331 g/mol. The van der Waals surface area contributed by atoms with E-state index in [1.54, 1.807) is 4.90 Å². The van der Waals surface area contributed by atoms with Crippen molar-refractivity contribution in [2.45, 2.75) is 43.5 Å². The zero-order chi connectivity index (χ0) is 15.6. The summed E-state index contributed by atoms with van der Waals surface area (Å²) in [4.78, 5) is 14.2. The molecular weight excluding hydrogens is 312 g/mol. The van der Waals surface area contributed by atoms with Crippen LogP contribution in [0.15, 0.2) is 23.1 Å². The highest BCUT2D eigenvalue weighted by Crippen LogP contribution is 2.26. The first-order chi connectivity index (χ1) is 9.84.